The fourth-order valence-electron chi connectivity index (χ4n) is 4.15. The van der Waals surface area contributed by atoms with Crippen molar-refractivity contribution < 1.29 is 9.72 Å². The van der Waals surface area contributed by atoms with Gasteiger partial charge >= 0.3 is 0 Å². The molecule has 5 heteroatoms. The molecule has 2 aromatic rings. The molecule has 4 rings (SSSR count). The fraction of sp³-hybridized carbons (Fsp3) is 0.316. The van der Waals surface area contributed by atoms with Gasteiger partial charge in [-0.15, -0.1) is 0 Å². The molecule has 2 aromatic carbocycles. The molecule has 0 N–H and O–H groups in total. The Kier molecular flexibility index (Phi) is 3.37. The lowest BCUT2D eigenvalue weighted by Gasteiger charge is -2.32. The Morgan fingerprint density at radius 1 is 1.00 bits per heavy atom. The molecule has 1 fully saturated rings. The molecule has 1 aliphatic heterocycles. The zero-order valence-corrected chi connectivity index (χ0v) is 13.3. The van der Waals surface area contributed by atoms with E-state index in [2.05, 4.69) is 0 Å². The number of nitro groups is 1. The molecule has 2 aliphatic rings. The van der Waals surface area contributed by atoms with E-state index in [1.807, 2.05) is 24.3 Å². The molecule has 1 saturated carbocycles. The number of anilines is 2. The van der Waals surface area contributed by atoms with Crippen LogP contribution in [0.5, 0.6) is 0 Å². The molecule has 1 spiro atoms. The third kappa shape index (κ3) is 2.04. The zero-order valence-electron chi connectivity index (χ0n) is 13.3. The van der Waals surface area contributed by atoms with Gasteiger partial charge in [0.2, 0.25) is 5.91 Å². The number of nitro benzene ring substituents is 1. The summed E-state index contributed by atoms with van der Waals surface area (Å²) >= 11 is 0. The summed E-state index contributed by atoms with van der Waals surface area (Å²) in [5.74, 6) is 0.0592. The van der Waals surface area contributed by atoms with Crippen LogP contribution in [-0.4, -0.2) is 10.8 Å². The first-order chi connectivity index (χ1) is 11.6. The second-order valence-corrected chi connectivity index (χ2v) is 6.58. The van der Waals surface area contributed by atoms with Gasteiger partial charge < -0.3 is 0 Å². The Morgan fingerprint density at radius 3 is 2.50 bits per heavy atom. The predicted molar refractivity (Wildman–Crippen MR) is 91.4 cm³/mol. The Hall–Kier alpha value is -2.69. The Bertz CT molecular complexity index is 825. The van der Waals surface area contributed by atoms with E-state index in [1.165, 1.54) is 12.1 Å². The number of para-hydroxylation sites is 1. The smallest absolute Gasteiger partial charge is 0.271 e. The summed E-state index contributed by atoms with van der Waals surface area (Å²) < 4.78 is 0. The van der Waals surface area contributed by atoms with Crippen molar-refractivity contribution in [3.8, 4) is 0 Å². The van der Waals surface area contributed by atoms with E-state index >= 15 is 0 Å². The number of carbonyl (C=O) groups excluding carboxylic acids is 1. The number of benzene rings is 2. The van der Waals surface area contributed by atoms with Gasteiger partial charge in [-0.25, -0.2) is 0 Å². The van der Waals surface area contributed by atoms with Crippen molar-refractivity contribution in [1.29, 1.82) is 0 Å². The minimum absolute atomic E-state index is 0.00220. The highest BCUT2D eigenvalue weighted by atomic mass is 16.6. The Balaban J connectivity index is 1.87. The standard InChI is InChI=1S/C19H18N2O3/c22-18-19(11-4-1-5-12-19)16-9-2-3-10-17(16)20(18)14-7-6-8-15(13-14)21(23)24/h2-3,6-10,13H,1,4-5,11-12H2. The molecule has 0 bridgehead atoms. The van der Waals surface area contributed by atoms with Crippen molar-refractivity contribution in [3.05, 3.63) is 64.2 Å². The van der Waals surface area contributed by atoms with Gasteiger partial charge in [0.1, 0.15) is 0 Å². The summed E-state index contributed by atoms with van der Waals surface area (Å²) in [6.07, 6.45) is 4.96. The molecule has 122 valence electrons. The monoisotopic (exact) mass is 322 g/mol. The molecule has 5 nitrogen and oxygen atoms in total. The first kappa shape index (κ1) is 14.9. The molecule has 0 aromatic heterocycles. The number of hydrogen-bond donors (Lipinski definition) is 0. The lowest BCUT2D eigenvalue weighted by molar-refractivity contribution is -0.384. The van der Waals surface area contributed by atoms with Crippen LogP contribution >= 0.6 is 0 Å². The van der Waals surface area contributed by atoms with Crippen molar-refractivity contribution in [3.63, 3.8) is 0 Å². The van der Waals surface area contributed by atoms with E-state index in [1.54, 1.807) is 17.0 Å². The van der Waals surface area contributed by atoms with Crippen LogP contribution in [0.15, 0.2) is 48.5 Å². The maximum atomic E-state index is 13.4. The molecule has 0 unspecified atom stereocenters. The van der Waals surface area contributed by atoms with E-state index in [4.69, 9.17) is 0 Å². The van der Waals surface area contributed by atoms with E-state index in [0.717, 1.165) is 43.4 Å². The highest BCUT2D eigenvalue weighted by Gasteiger charge is 2.51. The van der Waals surface area contributed by atoms with Crippen LogP contribution in [0.3, 0.4) is 0 Å². The molecule has 0 atom stereocenters. The predicted octanol–water partition coefficient (Wildman–Crippen LogP) is 4.48. The van der Waals surface area contributed by atoms with Crippen LogP contribution in [0, 0.1) is 10.1 Å². The van der Waals surface area contributed by atoms with Gasteiger partial charge in [0.05, 0.1) is 21.7 Å². The number of carbonyl (C=O) groups is 1. The Labute approximate surface area is 140 Å². The summed E-state index contributed by atoms with van der Waals surface area (Å²) in [7, 11) is 0. The number of amides is 1. The SMILES string of the molecule is O=C1N(c2cccc([N+](=O)[O-])c2)c2ccccc2C12CCCCC2. The lowest BCUT2D eigenvalue weighted by Crippen LogP contribution is -2.39. The number of fused-ring (bicyclic) bond motifs is 2. The average molecular weight is 322 g/mol. The van der Waals surface area contributed by atoms with Gasteiger partial charge in [-0.3, -0.25) is 19.8 Å². The van der Waals surface area contributed by atoms with Gasteiger partial charge in [-0.1, -0.05) is 43.5 Å². The second-order valence-electron chi connectivity index (χ2n) is 6.58. The quantitative estimate of drug-likeness (QED) is 0.605. The molecular formula is C19H18N2O3. The van der Waals surface area contributed by atoms with Crippen LogP contribution in [0.1, 0.15) is 37.7 Å². The topological polar surface area (TPSA) is 63.5 Å². The largest absolute Gasteiger partial charge is 0.280 e. The summed E-state index contributed by atoms with van der Waals surface area (Å²) in [6, 6.07) is 14.2. The molecule has 1 heterocycles. The number of rotatable bonds is 2. The Morgan fingerprint density at radius 2 is 1.75 bits per heavy atom. The van der Waals surface area contributed by atoms with Crippen LogP contribution < -0.4 is 4.90 Å². The summed E-state index contributed by atoms with van der Waals surface area (Å²) in [4.78, 5) is 25.7. The van der Waals surface area contributed by atoms with E-state index in [0.29, 0.717) is 5.69 Å². The van der Waals surface area contributed by atoms with Crippen molar-refractivity contribution in [1.82, 2.24) is 0 Å². The maximum Gasteiger partial charge on any atom is 0.271 e. The van der Waals surface area contributed by atoms with Crippen LogP contribution in [0.4, 0.5) is 17.1 Å². The van der Waals surface area contributed by atoms with Gasteiger partial charge in [0.25, 0.3) is 5.69 Å². The molecule has 1 amide bonds. The molecule has 1 aliphatic carbocycles. The fourth-order valence-corrected chi connectivity index (χ4v) is 4.15. The summed E-state index contributed by atoms with van der Waals surface area (Å²) in [5, 5.41) is 11.1. The average Bonchev–Trinajstić information content (AvgIpc) is 2.85. The van der Waals surface area contributed by atoms with Gasteiger partial charge in [-0.2, -0.15) is 0 Å². The lowest BCUT2D eigenvalue weighted by atomic mass is 9.70. The molecule has 0 saturated heterocycles. The number of hydrogen-bond acceptors (Lipinski definition) is 3. The zero-order chi connectivity index (χ0) is 16.7. The minimum Gasteiger partial charge on any atom is -0.280 e. The normalized spacial score (nSPS) is 18.7. The summed E-state index contributed by atoms with van der Waals surface area (Å²) in [5.41, 5.74) is 2.05. The number of non-ortho nitro benzene ring substituents is 1. The molecule has 24 heavy (non-hydrogen) atoms. The minimum atomic E-state index is -0.459. The van der Waals surface area contributed by atoms with E-state index in [-0.39, 0.29) is 11.6 Å². The number of nitrogens with zero attached hydrogens (tertiary/aromatic N) is 2. The maximum absolute atomic E-state index is 13.4. The van der Waals surface area contributed by atoms with Gasteiger partial charge in [0, 0.05) is 12.1 Å². The van der Waals surface area contributed by atoms with Crippen molar-refractivity contribution in [2.24, 2.45) is 0 Å². The van der Waals surface area contributed by atoms with Gasteiger partial charge in [-0.05, 0) is 30.5 Å². The van der Waals surface area contributed by atoms with Gasteiger partial charge in [0.15, 0.2) is 0 Å². The van der Waals surface area contributed by atoms with Crippen LogP contribution in [0.2, 0.25) is 0 Å². The van der Waals surface area contributed by atoms with E-state index in [9.17, 15) is 14.9 Å². The second kappa shape index (κ2) is 5.44. The first-order valence-electron chi connectivity index (χ1n) is 8.32. The first-order valence-corrected chi connectivity index (χ1v) is 8.32. The summed E-state index contributed by atoms with van der Waals surface area (Å²) in [6.45, 7) is 0. The van der Waals surface area contributed by atoms with Crippen LogP contribution in [-0.2, 0) is 10.2 Å². The highest BCUT2D eigenvalue weighted by molar-refractivity contribution is 6.13. The van der Waals surface area contributed by atoms with Crippen molar-refractivity contribution in [2.45, 2.75) is 37.5 Å². The third-order valence-electron chi connectivity index (χ3n) is 5.28. The van der Waals surface area contributed by atoms with Crippen molar-refractivity contribution >= 4 is 23.0 Å². The van der Waals surface area contributed by atoms with Crippen LogP contribution in [0.25, 0.3) is 0 Å². The highest BCUT2D eigenvalue weighted by Crippen LogP contribution is 2.52. The van der Waals surface area contributed by atoms with E-state index < -0.39 is 10.3 Å². The van der Waals surface area contributed by atoms with Crippen molar-refractivity contribution in [2.75, 3.05) is 4.90 Å². The molecular weight excluding hydrogens is 304 g/mol. The molecule has 0 radical (unpaired) electrons. The third-order valence-corrected chi connectivity index (χ3v) is 5.28.